The number of aliphatic hydroxyl groups is 1. The van der Waals surface area contributed by atoms with Crippen molar-refractivity contribution in [1.82, 2.24) is 9.88 Å². The number of aromatic nitrogens is 1. The first-order valence-electron chi connectivity index (χ1n) is 7.71. The van der Waals surface area contributed by atoms with Crippen LogP contribution in [0.3, 0.4) is 0 Å². The topological polar surface area (TPSA) is 83.4 Å². The summed E-state index contributed by atoms with van der Waals surface area (Å²) in [6, 6.07) is 8.67. The third kappa shape index (κ3) is 4.84. The van der Waals surface area contributed by atoms with Gasteiger partial charge in [-0.1, -0.05) is 18.5 Å². The van der Waals surface area contributed by atoms with Gasteiger partial charge in [-0.25, -0.2) is 0 Å². The molecule has 0 saturated heterocycles. The molecule has 2 rings (SSSR count). The smallest absolute Gasteiger partial charge is 0.313 e. The van der Waals surface area contributed by atoms with Crippen LogP contribution in [0.4, 0.5) is 5.69 Å². The summed E-state index contributed by atoms with van der Waals surface area (Å²) in [6.07, 6.45) is 4.16. The first kappa shape index (κ1) is 18.0. The first-order valence-corrected chi connectivity index (χ1v) is 8.09. The zero-order valence-electron chi connectivity index (χ0n) is 13.3. The van der Waals surface area contributed by atoms with E-state index in [9.17, 15) is 14.7 Å². The number of carbonyl (C=O) groups is 2. The summed E-state index contributed by atoms with van der Waals surface area (Å²) in [5.41, 5.74) is 1.14. The van der Waals surface area contributed by atoms with Crippen molar-refractivity contribution in [3.63, 3.8) is 0 Å². The van der Waals surface area contributed by atoms with Gasteiger partial charge in [-0.05, 0) is 43.2 Å². The lowest BCUT2D eigenvalue weighted by atomic mass is 10.2. The number of aliphatic hydroxyl groups excluding tert-OH is 1. The fourth-order valence-electron chi connectivity index (χ4n) is 2.14. The molecule has 0 aliphatic heterocycles. The molecule has 0 aliphatic carbocycles. The van der Waals surface area contributed by atoms with Gasteiger partial charge in [-0.2, -0.15) is 0 Å². The summed E-state index contributed by atoms with van der Waals surface area (Å²) in [5.74, 6) is -1.51. The third-order valence-electron chi connectivity index (χ3n) is 3.53. The van der Waals surface area contributed by atoms with Crippen LogP contribution in [0, 0.1) is 0 Å². The number of anilines is 1. The molecule has 128 valence electrons. The van der Waals surface area contributed by atoms with Crippen molar-refractivity contribution in [2.75, 3.05) is 11.9 Å². The minimum Gasteiger partial charge on any atom is -0.393 e. The molecular formula is C17H20ClN3O3. The molecule has 0 aliphatic rings. The van der Waals surface area contributed by atoms with E-state index in [-0.39, 0.29) is 6.54 Å². The van der Waals surface area contributed by atoms with E-state index in [1.165, 1.54) is 0 Å². The Morgan fingerprint density at radius 2 is 1.96 bits per heavy atom. The summed E-state index contributed by atoms with van der Waals surface area (Å²) in [6.45, 7) is 2.09. The van der Waals surface area contributed by atoms with Gasteiger partial charge in [0.1, 0.15) is 0 Å². The average molecular weight is 350 g/mol. The summed E-state index contributed by atoms with van der Waals surface area (Å²) >= 11 is 6.02. The number of benzene rings is 1. The van der Waals surface area contributed by atoms with Gasteiger partial charge in [-0.15, -0.1) is 0 Å². The average Bonchev–Trinajstić information content (AvgIpc) is 3.10. The van der Waals surface area contributed by atoms with Gasteiger partial charge in [0.2, 0.25) is 0 Å². The molecule has 0 fully saturated rings. The molecule has 1 aromatic carbocycles. The number of amides is 2. The first-order chi connectivity index (χ1) is 11.5. The van der Waals surface area contributed by atoms with Crippen molar-refractivity contribution < 1.29 is 14.7 Å². The Bertz CT molecular complexity index is 701. The lowest BCUT2D eigenvalue weighted by molar-refractivity contribution is -0.136. The zero-order chi connectivity index (χ0) is 17.5. The van der Waals surface area contributed by atoms with Crippen LogP contribution in [0.15, 0.2) is 42.7 Å². The van der Waals surface area contributed by atoms with Crippen molar-refractivity contribution in [3.05, 3.63) is 47.7 Å². The molecule has 0 saturated carbocycles. The van der Waals surface area contributed by atoms with E-state index in [1.807, 2.05) is 31.5 Å². The van der Waals surface area contributed by atoms with Crippen LogP contribution in [0.1, 0.15) is 19.8 Å². The Morgan fingerprint density at radius 3 is 2.62 bits per heavy atom. The fraction of sp³-hybridized carbons (Fsp3) is 0.294. The summed E-state index contributed by atoms with van der Waals surface area (Å²) in [4.78, 5) is 23.9. The Labute approximate surface area is 145 Å². The third-order valence-corrected chi connectivity index (χ3v) is 3.77. The van der Waals surface area contributed by atoms with E-state index in [1.54, 1.807) is 22.8 Å². The van der Waals surface area contributed by atoms with Crippen LogP contribution in [-0.2, 0) is 9.59 Å². The Morgan fingerprint density at radius 1 is 1.25 bits per heavy atom. The number of carbonyl (C=O) groups excluding carboxylic acids is 2. The molecule has 7 heteroatoms. The van der Waals surface area contributed by atoms with Gasteiger partial charge in [0.05, 0.1) is 17.5 Å². The van der Waals surface area contributed by atoms with Crippen LogP contribution < -0.4 is 10.6 Å². The normalized spacial score (nSPS) is 11.8. The molecule has 0 radical (unpaired) electrons. The van der Waals surface area contributed by atoms with Gasteiger partial charge in [0.15, 0.2) is 0 Å². The lowest BCUT2D eigenvalue weighted by Crippen LogP contribution is -2.37. The molecule has 6 nitrogen and oxygen atoms in total. The second kappa shape index (κ2) is 8.52. The van der Waals surface area contributed by atoms with E-state index in [0.29, 0.717) is 29.2 Å². The summed E-state index contributed by atoms with van der Waals surface area (Å²) in [7, 11) is 0. The number of rotatable bonds is 6. The number of halogens is 1. The van der Waals surface area contributed by atoms with Gasteiger partial charge in [0, 0.05) is 24.0 Å². The minimum atomic E-state index is -0.767. The predicted molar refractivity (Wildman–Crippen MR) is 93.3 cm³/mol. The summed E-state index contributed by atoms with van der Waals surface area (Å²) in [5, 5.41) is 15.0. The number of nitrogens with zero attached hydrogens (tertiary/aromatic N) is 1. The van der Waals surface area contributed by atoms with Crippen LogP contribution in [-0.4, -0.2) is 34.1 Å². The van der Waals surface area contributed by atoms with Gasteiger partial charge in [-0.3, -0.25) is 9.59 Å². The van der Waals surface area contributed by atoms with E-state index >= 15 is 0 Å². The molecule has 1 atom stereocenters. The minimum absolute atomic E-state index is 0.242. The maximum absolute atomic E-state index is 12.0. The molecule has 24 heavy (non-hydrogen) atoms. The highest BCUT2D eigenvalue weighted by atomic mass is 35.5. The Balaban J connectivity index is 2.03. The lowest BCUT2D eigenvalue weighted by Gasteiger charge is -2.13. The largest absolute Gasteiger partial charge is 0.393 e. The van der Waals surface area contributed by atoms with E-state index in [0.717, 1.165) is 0 Å². The second-order valence-electron chi connectivity index (χ2n) is 5.31. The van der Waals surface area contributed by atoms with Gasteiger partial charge in [0.25, 0.3) is 0 Å². The molecule has 2 aromatic rings. The number of hydrogen-bond donors (Lipinski definition) is 3. The maximum atomic E-state index is 12.0. The number of nitrogens with one attached hydrogen (secondary N) is 2. The fourth-order valence-corrected chi connectivity index (χ4v) is 2.30. The molecular weight excluding hydrogens is 330 g/mol. The summed E-state index contributed by atoms with van der Waals surface area (Å²) < 4.78 is 1.79. The highest BCUT2D eigenvalue weighted by Gasteiger charge is 2.16. The van der Waals surface area contributed by atoms with Crippen molar-refractivity contribution in [2.45, 2.75) is 25.9 Å². The molecule has 1 aromatic heterocycles. The van der Waals surface area contributed by atoms with Crippen LogP contribution >= 0.6 is 11.6 Å². The van der Waals surface area contributed by atoms with E-state index < -0.39 is 17.9 Å². The van der Waals surface area contributed by atoms with Crippen molar-refractivity contribution in [2.24, 2.45) is 0 Å². The van der Waals surface area contributed by atoms with Crippen molar-refractivity contribution in [3.8, 4) is 5.69 Å². The predicted octanol–water partition coefficient (Wildman–Crippen LogP) is 2.35. The monoisotopic (exact) mass is 349 g/mol. The molecule has 1 heterocycles. The SMILES string of the molecule is CCC(O)CCNC(=O)C(=O)Nc1ccc(Cl)cc1-n1cccc1. The number of hydrogen-bond acceptors (Lipinski definition) is 3. The second-order valence-corrected chi connectivity index (χ2v) is 5.75. The Kier molecular flexibility index (Phi) is 6.40. The molecule has 0 spiro atoms. The van der Waals surface area contributed by atoms with E-state index in [2.05, 4.69) is 10.6 Å². The molecule has 2 amide bonds. The van der Waals surface area contributed by atoms with Crippen LogP contribution in [0.5, 0.6) is 0 Å². The van der Waals surface area contributed by atoms with Crippen LogP contribution in [0.2, 0.25) is 5.02 Å². The standard InChI is InChI=1S/C17H20ClN3O3/c1-2-13(22)7-8-19-16(23)17(24)20-14-6-5-12(18)11-15(14)21-9-3-4-10-21/h3-6,9-11,13,22H,2,7-8H2,1H3,(H,19,23)(H,20,24). The van der Waals surface area contributed by atoms with Gasteiger partial charge < -0.3 is 20.3 Å². The zero-order valence-corrected chi connectivity index (χ0v) is 14.1. The Hall–Kier alpha value is -2.31. The maximum Gasteiger partial charge on any atom is 0.313 e. The van der Waals surface area contributed by atoms with E-state index in [4.69, 9.17) is 11.6 Å². The van der Waals surface area contributed by atoms with Gasteiger partial charge >= 0.3 is 11.8 Å². The quantitative estimate of drug-likeness (QED) is 0.700. The van der Waals surface area contributed by atoms with Crippen LogP contribution in [0.25, 0.3) is 5.69 Å². The van der Waals surface area contributed by atoms with Crippen molar-refractivity contribution in [1.29, 1.82) is 0 Å². The molecule has 1 unspecified atom stereocenters. The highest BCUT2D eigenvalue weighted by Crippen LogP contribution is 2.24. The highest BCUT2D eigenvalue weighted by molar-refractivity contribution is 6.40. The molecule has 3 N–H and O–H groups in total. The molecule has 0 bridgehead atoms. The van der Waals surface area contributed by atoms with Crippen molar-refractivity contribution >= 4 is 29.1 Å².